The van der Waals surface area contributed by atoms with Gasteiger partial charge in [-0.25, -0.2) is 9.37 Å². The normalized spacial score (nSPS) is 14.3. The molecule has 0 N–H and O–H groups in total. The molecule has 1 amide bonds. The fourth-order valence-corrected chi connectivity index (χ4v) is 5.84. The van der Waals surface area contributed by atoms with Gasteiger partial charge in [0.2, 0.25) is 5.91 Å². The number of hydrogen-bond acceptors (Lipinski definition) is 7. The third kappa shape index (κ3) is 7.64. The molecule has 0 saturated carbocycles. The molecule has 35 heavy (non-hydrogen) atoms. The first-order chi connectivity index (χ1) is 17.1. The maximum absolute atomic E-state index is 13.3. The molecule has 2 aromatic carbocycles. The number of thiazole rings is 1. The van der Waals surface area contributed by atoms with Gasteiger partial charge in [0.25, 0.3) is 0 Å². The van der Waals surface area contributed by atoms with Crippen molar-refractivity contribution in [2.75, 3.05) is 56.7 Å². The van der Waals surface area contributed by atoms with Crippen LogP contribution in [0.1, 0.15) is 26.2 Å². The van der Waals surface area contributed by atoms with Crippen LogP contribution in [0.15, 0.2) is 47.4 Å². The molecule has 6 nitrogen and oxygen atoms in total. The second-order valence-corrected chi connectivity index (χ2v) is 10.5. The molecule has 0 radical (unpaired) electrons. The highest BCUT2D eigenvalue weighted by Crippen LogP contribution is 2.32. The summed E-state index contributed by atoms with van der Waals surface area (Å²) in [6, 6.07) is 12.4. The molecule has 1 fully saturated rings. The number of aromatic nitrogens is 1. The highest BCUT2D eigenvalue weighted by molar-refractivity contribution is 7.99. The van der Waals surface area contributed by atoms with Crippen LogP contribution in [-0.4, -0.2) is 67.5 Å². The van der Waals surface area contributed by atoms with Gasteiger partial charge in [-0.05, 0) is 68.0 Å². The number of fused-ring (bicyclic) bond motifs is 1. The topological polar surface area (TPSA) is 54.9 Å². The van der Waals surface area contributed by atoms with E-state index < -0.39 is 0 Å². The summed E-state index contributed by atoms with van der Waals surface area (Å²) < 4.78 is 25.2. The predicted molar refractivity (Wildman–Crippen MR) is 141 cm³/mol. The lowest BCUT2D eigenvalue weighted by atomic mass is 10.2. The SMILES string of the molecule is CCOc1ccc2nc(N(CCCN3CCOCC3)C(=O)CCCSc3ccc(F)cc3)sc2c1. The average Bonchev–Trinajstić information content (AvgIpc) is 3.29. The van der Waals surface area contributed by atoms with Gasteiger partial charge in [-0.1, -0.05) is 11.3 Å². The van der Waals surface area contributed by atoms with Gasteiger partial charge in [-0.3, -0.25) is 14.6 Å². The Hall–Kier alpha value is -2.20. The summed E-state index contributed by atoms with van der Waals surface area (Å²) in [5.74, 6) is 1.48. The lowest BCUT2D eigenvalue weighted by molar-refractivity contribution is -0.118. The van der Waals surface area contributed by atoms with Crippen LogP contribution in [0.3, 0.4) is 0 Å². The van der Waals surface area contributed by atoms with E-state index >= 15 is 0 Å². The molecule has 0 spiro atoms. The number of amides is 1. The summed E-state index contributed by atoms with van der Waals surface area (Å²) in [6.45, 7) is 7.58. The van der Waals surface area contributed by atoms with Crippen LogP contribution in [0.5, 0.6) is 5.75 Å². The second-order valence-electron chi connectivity index (χ2n) is 8.32. The Morgan fingerprint density at radius 1 is 1.20 bits per heavy atom. The Labute approximate surface area is 214 Å². The molecule has 2 heterocycles. The molecule has 0 unspecified atom stereocenters. The maximum atomic E-state index is 13.3. The minimum Gasteiger partial charge on any atom is -0.494 e. The molecule has 9 heteroatoms. The zero-order valence-corrected chi connectivity index (χ0v) is 21.7. The summed E-state index contributed by atoms with van der Waals surface area (Å²) in [5.41, 5.74) is 0.881. The van der Waals surface area contributed by atoms with E-state index in [0.29, 0.717) is 19.6 Å². The van der Waals surface area contributed by atoms with Crippen molar-refractivity contribution in [2.24, 2.45) is 0 Å². The Morgan fingerprint density at radius 3 is 2.77 bits per heavy atom. The van der Waals surface area contributed by atoms with Gasteiger partial charge in [0.1, 0.15) is 11.6 Å². The zero-order valence-electron chi connectivity index (χ0n) is 20.1. The van der Waals surface area contributed by atoms with Crippen LogP contribution < -0.4 is 9.64 Å². The van der Waals surface area contributed by atoms with Crippen molar-refractivity contribution in [1.82, 2.24) is 9.88 Å². The molecule has 1 aromatic heterocycles. The highest BCUT2D eigenvalue weighted by atomic mass is 32.2. The van der Waals surface area contributed by atoms with Crippen molar-refractivity contribution in [2.45, 2.75) is 31.1 Å². The fraction of sp³-hybridized carbons (Fsp3) is 0.462. The van der Waals surface area contributed by atoms with Gasteiger partial charge < -0.3 is 9.47 Å². The third-order valence-electron chi connectivity index (χ3n) is 5.77. The number of halogens is 1. The van der Waals surface area contributed by atoms with E-state index in [1.165, 1.54) is 23.5 Å². The summed E-state index contributed by atoms with van der Waals surface area (Å²) in [6.07, 6.45) is 2.09. The Balaban J connectivity index is 1.39. The lowest BCUT2D eigenvalue weighted by Gasteiger charge is -2.27. The van der Waals surface area contributed by atoms with Gasteiger partial charge in [-0.15, -0.1) is 11.8 Å². The minimum atomic E-state index is -0.235. The average molecular weight is 518 g/mol. The Bertz CT molecular complexity index is 1090. The monoisotopic (exact) mass is 517 g/mol. The second kappa shape index (κ2) is 13.2. The molecule has 0 atom stereocenters. The molecule has 0 aliphatic carbocycles. The first kappa shape index (κ1) is 25.9. The number of nitrogens with zero attached hydrogens (tertiary/aromatic N) is 3. The zero-order chi connectivity index (χ0) is 24.5. The van der Waals surface area contributed by atoms with E-state index in [1.54, 1.807) is 23.9 Å². The largest absolute Gasteiger partial charge is 0.494 e. The van der Waals surface area contributed by atoms with Gasteiger partial charge in [0.05, 0.1) is 30.0 Å². The summed E-state index contributed by atoms with van der Waals surface area (Å²) in [7, 11) is 0. The summed E-state index contributed by atoms with van der Waals surface area (Å²) in [4.78, 5) is 23.3. The third-order valence-corrected chi connectivity index (χ3v) is 7.91. The quantitative estimate of drug-likeness (QED) is 0.235. The molecule has 0 bridgehead atoms. The fourth-order valence-electron chi connectivity index (χ4n) is 3.95. The molecular formula is C26H32FN3O3S2. The van der Waals surface area contributed by atoms with Crippen molar-refractivity contribution in [3.05, 3.63) is 48.3 Å². The van der Waals surface area contributed by atoms with Crippen LogP contribution in [0, 0.1) is 5.82 Å². The number of hydrogen-bond donors (Lipinski definition) is 0. The van der Waals surface area contributed by atoms with Crippen molar-refractivity contribution in [1.29, 1.82) is 0 Å². The molecule has 1 saturated heterocycles. The van der Waals surface area contributed by atoms with E-state index in [-0.39, 0.29) is 11.7 Å². The molecular weight excluding hydrogens is 485 g/mol. The van der Waals surface area contributed by atoms with Crippen molar-refractivity contribution >= 4 is 44.4 Å². The van der Waals surface area contributed by atoms with Crippen LogP contribution >= 0.6 is 23.1 Å². The molecule has 4 rings (SSSR count). The number of anilines is 1. The number of ether oxygens (including phenoxy) is 2. The number of thioether (sulfide) groups is 1. The van der Waals surface area contributed by atoms with E-state index in [2.05, 4.69) is 4.90 Å². The number of rotatable bonds is 12. The maximum Gasteiger partial charge on any atom is 0.228 e. The molecule has 1 aliphatic heterocycles. The van der Waals surface area contributed by atoms with E-state index in [4.69, 9.17) is 14.5 Å². The van der Waals surface area contributed by atoms with E-state index in [1.807, 2.05) is 30.0 Å². The van der Waals surface area contributed by atoms with Crippen molar-refractivity contribution in [3.8, 4) is 5.75 Å². The van der Waals surface area contributed by atoms with Crippen LogP contribution in [-0.2, 0) is 9.53 Å². The summed E-state index contributed by atoms with van der Waals surface area (Å²) in [5, 5.41) is 0.742. The van der Waals surface area contributed by atoms with Crippen LogP contribution in [0.2, 0.25) is 0 Å². The van der Waals surface area contributed by atoms with E-state index in [0.717, 1.165) is 77.4 Å². The first-order valence-corrected chi connectivity index (χ1v) is 13.9. The standard InChI is InChI=1S/C26H32FN3O3S2/c1-2-33-21-8-11-23-24(19-21)35-26(28-23)30(13-4-12-29-14-16-32-17-15-29)25(31)5-3-18-34-22-9-6-20(27)7-10-22/h6-11,19H,2-5,12-18H2,1H3. The van der Waals surface area contributed by atoms with Gasteiger partial charge in [0, 0.05) is 37.5 Å². The lowest BCUT2D eigenvalue weighted by Crippen LogP contribution is -2.39. The molecule has 1 aliphatic rings. The number of carbonyl (C=O) groups is 1. The Kier molecular flexibility index (Phi) is 9.76. The number of carbonyl (C=O) groups excluding carboxylic acids is 1. The van der Waals surface area contributed by atoms with Gasteiger partial charge in [-0.2, -0.15) is 0 Å². The van der Waals surface area contributed by atoms with E-state index in [9.17, 15) is 9.18 Å². The number of morpholine rings is 1. The smallest absolute Gasteiger partial charge is 0.228 e. The first-order valence-electron chi connectivity index (χ1n) is 12.1. The minimum absolute atomic E-state index is 0.0933. The van der Waals surface area contributed by atoms with Gasteiger partial charge >= 0.3 is 0 Å². The number of benzene rings is 2. The van der Waals surface area contributed by atoms with Crippen LogP contribution in [0.4, 0.5) is 9.52 Å². The molecule has 3 aromatic rings. The van der Waals surface area contributed by atoms with Crippen LogP contribution in [0.25, 0.3) is 10.2 Å². The molecule has 188 valence electrons. The van der Waals surface area contributed by atoms with Crippen molar-refractivity contribution < 1.29 is 18.7 Å². The Morgan fingerprint density at radius 2 is 2.00 bits per heavy atom. The highest BCUT2D eigenvalue weighted by Gasteiger charge is 2.20. The van der Waals surface area contributed by atoms with Gasteiger partial charge in [0.15, 0.2) is 5.13 Å². The summed E-state index contributed by atoms with van der Waals surface area (Å²) >= 11 is 3.18. The predicted octanol–water partition coefficient (Wildman–Crippen LogP) is 5.46. The van der Waals surface area contributed by atoms with Crippen molar-refractivity contribution in [3.63, 3.8) is 0 Å².